The first-order valence-electron chi connectivity index (χ1n) is 6.04. The molecule has 2 aromatic heterocycles. The fourth-order valence-corrected chi connectivity index (χ4v) is 1.82. The Balaban J connectivity index is 1.84. The van der Waals surface area contributed by atoms with Crippen molar-refractivity contribution in [3.8, 4) is 0 Å². The SMILES string of the molecule is Cc1ccc(CNc2ncnc3nccnc23)cc1. The minimum atomic E-state index is 0.601. The summed E-state index contributed by atoms with van der Waals surface area (Å²) in [4.78, 5) is 16.7. The second-order valence-corrected chi connectivity index (χ2v) is 4.29. The average Bonchev–Trinajstić information content (AvgIpc) is 2.47. The molecule has 0 unspecified atom stereocenters. The summed E-state index contributed by atoms with van der Waals surface area (Å²) in [5.74, 6) is 0.707. The maximum Gasteiger partial charge on any atom is 0.183 e. The van der Waals surface area contributed by atoms with Crippen LogP contribution in [0.4, 0.5) is 5.82 Å². The molecular formula is C14H13N5. The van der Waals surface area contributed by atoms with Gasteiger partial charge in [0.05, 0.1) is 0 Å². The highest BCUT2D eigenvalue weighted by atomic mass is 15.1. The number of fused-ring (bicyclic) bond motifs is 1. The lowest BCUT2D eigenvalue weighted by Gasteiger charge is -2.07. The van der Waals surface area contributed by atoms with Gasteiger partial charge in [0.1, 0.15) is 11.8 Å². The summed E-state index contributed by atoms with van der Waals surface area (Å²) in [5.41, 5.74) is 3.74. The summed E-state index contributed by atoms with van der Waals surface area (Å²) in [5, 5.41) is 3.27. The molecule has 0 aliphatic heterocycles. The number of hydrogen-bond donors (Lipinski definition) is 1. The minimum Gasteiger partial charge on any atom is -0.364 e. The first-order valence-corrected chi connectivity index (χ1v) is 6.04. The van der Waals surface area contributed by atoms with E-state index >= 15 is 0 Å². The van der Waals surface area contributed by atoms with Crippen molar-refractivity contribution in [2.75, 3.05) is 5.32 Å². The largest absolute Gasteiger partial charge is 0.364 e. The van der Waals surface area contributed by atoms with Gasteiger partial charge < -0.3 is 5.32 Å². The van der Waals surface area contributed by atoms with Crippen LogP contribution in [-0.2, 0) is 6.54 Å². The first-order chi connectivity index (χ1) is 9.33. The van der Waals surface area contributed by atoms with Crippen molar-refractivity contribution in [3.05, 3.63) is 54.1 Å². The van der Waals surface area contributed by atoms with Crippen LogP contribution in [0.15, 0.2) is 43.0 Å². The van der Waals surface area contributed by atoms with Crippen LogP contribution < -0.4 is 5.32 Å². The van der Waals surface area contributed by atoms with Crippen LogP contribution >= 0.6 is 0 Å². The van der Waals surface area contributed by atoms with Gasteiger partial charge in [0, 0.05) is 18.9 Å². The Kier molecular flexibility index (Phi) is 3.02. The number of anilines is 1. The van der Waals surface area contributed by atoms with Crippen LogP contribution in [0.5, 0.6) is 0 Å². The Morgan fingerprint density at radius 1 is 0.947 bits per heavy atom. The third kappa shape index (κ3) is 2.49. The fourth-order valence-electron chi connectivity index (χ4n) is 1.82. The molecule has 94 valence electrons. The predicted molar refractivity (Wildman–Crippen MR) is 73.6 cm³/mol. The molecule has 0 amide bonds. The minimum absolute atomic E-state index is 0.601. The van der Waals surface area contributed by atoms with E-state index in [0.29, 0.717) is 23.5 Å². The number of hydrogen-bond acceptors (Lipinski definition) is 5. The van der Waals surface area contributed by atoms with Crippen LogP contribution in [0.3, 0.4) is 0 Å². The molecule has 5 nitrogen and oxygen atoms in total. The lowest BCUT2D eigenvalue weighted by Crippen LogP contribution is -2.03. The van der Waals surface area contributed by atoms with Gasteiger partial charge in [0.2, 0.25) is 0 Å². The summed E-state index contributed by atoms with van der Waals surface area (Å²) in [6, 6.07) is 8.37. The van der Waals surface area contributed by atoms with Crippen LogP contribution in [0.25, 0.3) is 11.2 Å². The summed E-state index contributed by atoms with van der Waals surface area (Å²) >= 11 is 0. The molecular weight excluding hydrogens is 238 g/mol. The van der Waals surface area contributed by atoms with Gasteiger partial charge in [0.25, 0.3) is 0 Å². The van der Waals surface area contributed by atoms with Gasteiger partial charge in [-0.3, -0.25) is 0 Å². The third-order valence-corrected chi connectivity index (χ3v) is 2.85. The Morgan fingerprint density at radius 2 is 1.74 bits per heavy atom. The zero-order chi connectivity index (χ0) is 13.1. The van der Waals surface area contributed by atoms with E-state index in [1.54, 1.807) is 12.4 Å². The molecule has 3 aromatic rings. The van der Waals surface area contributed by atoms with E-state index in [-0.39, 0.29) is 0 Å². The molecule has 0 saturated heterocycles. The Bertz CT molecular complexity index is 688. The Labute approximate surface area is 110 Å². The molecule has 1 N–H and O–H groups in total. The Hall–Kier alpha value is -2.56. The highest BCUT2D eigenvalue weighted by molar-refractivity contribution is 5.81. The maximum atomic E-state index is 4.26. The second-order valence-electron chi connectivity index (χ2n) is 4.29. The van der Waals surface area contributed by atoms with Crippen molar-refractivity contribution in [1.82, 2.24) is 19.9 Å². The molecule has 5 heteroatoms. The summed E-state index contributed by atoms with van der Waals surface area (Å²) in [6.45, 7) is 2.77. The van der Waals surface area contributed by atoms with Gasteiger partial charge in [-0.2, -0.15) is 0 Å². The number of aromatic nitrogens is 4. The predicted octanol–water partition coefficient (Wildman–Crippen LogP) is 2.34. The standard InChI is InChI=1S/C14H13N5/c1-10-2-4-11(5-3-10)8-17-14-12-13(18-9-19-14)16-7-6-15-12/h2-7,9H,8H2,1H3,(H,16,17,18,19). The summed E-state index contributed by atoms with van der Waals surface area (Å²) in [6.07, 6.45) is 4.76. The zero-order valence-electron chi connectivity index (χ0n) is 10.5. The van der Waals surface area contributed by atoms with Gasteiger partial charge in [-0.05, 0) is 12.5 Å². The third-order valence-electron chi connectivity index (χ3n) is 2.85. The lowest BCUT2D eigenvalue weighted by molar-refractivity contribution is 1.08. The average molecular weight is 251 g/mol. The van der Waals surface area contributed by atoms with Gasteiger partial charge in [-0.1, -0.05) is 29.8 Å². The number of aryl methyl sites for hydroxylation is 1. The van der Waals surface area contributed by atoms with E-state index in [4.69, 9.17) is 0 Å². The summed E-state index contributed by atoms with van der Waals surface area (Å²) < 4.78 is 0. The molecule has 0 saturated carbocycles. The van der Waals surface area contributed by atoms with E-state index in [9.17, 15) is 0 Å². The van der Waals surface area contributed by atoms with Crippen molar-refractivity contribution in [2.24, 2.45) is 0 Å². The molecule has 0 radical (unpaired) electrons. The number of nitrogens with one attached hydrogen (secondary N) is 1. The number of rotatable bonds is 3. The second kappa shape index (κ2) is 4.97. The molecule has 3 rings (SSSR count). The highest BCUT2D eigenvalue weighted by Crippen LogP contribution is 2.14. The Morgan fingerprint density at radius 3 is 2.58 bits per heavy atom. The quantitative estimate of drug-likeness (QED) is 0.774. The monoisotopic (exact) mass is 251 g/mol. The zero-order valence-corrected chi connectivity index (χ0v) is 10.5. The fraction of sp³-hybridized carbons (Fsp3) is 0.143. The highest BCUT2D eigenvalue weighted by Gasteiger charge is 2.04. The van der Waals surface area contributed by atoms with Crippen LogP contribution in [-0.4, -0.2) is 19.9 Å². The molecule has 19 heavy (non-hydrogen) atoms. The van der Waals surface area contributed by atoms with E-state index in [1.807, 2.05) is 0 Å². The van der Waals surface area contributed by atoms with Crippen molar-refractivity contribution in [3.63, 3.8) is 0 Å². The van der Waals surface area contributed by atoms with Crippen LogP contribution in [0, 0.1) is 6.92 Å². The van der Waals surface area contributed by atoms with Crippen molar-refractivity contribution >= 4 is 17.0 Å². The molecule has 0 spiro atoms. The molecule has 0 aliphatic rings. The number of nitrogens with zero attached hydrogens (tertiary/aromatic N) is 4. The number of benzene rings is 1. The van der Waals surface area contributed by atoms with Gasteiger partial charge >= 0.3 is 0 Å². The maximum absolute atomic E-state index is 4.26. The van der Waals surface area contributed by atoms with Crippen molar-refractivity contribution in [2.45, 2.75) is 13.5 Å². The van der Waals surface area contributed by atoms with Gasteiger partial charge in [0.15, 0.2) is 11.5 Å². The normalized spacial score (nSPS) is 10.6. The van der Waals surface area contributed by atoms with E-state index in [1.165, 1.54) is 17.5 Å². The summed E-state index contributed by atoms with van der Waals surface area (Å²) in [7, 11) is 0. The molecule has 0 fully saturated rings. The molecule has 2 heterocycles. The van der Waals surface area contributed by atoms with Crippen LogP contribution in [0.1, 0.15) is 11.1 Å². The topological polar surface area (TPSA) is 63.6 Å². The molecule has 0 bridgehead atoms. The van der Waals surface area contributed by atoms with E-state index < -0.39 is 0 Å². The molecule has 0 atom stereocenters. The van der Waals surface area contributed by atoms with Crippen molar-refractivity contribution in [1.29, 1.82) is 0 Å². The molecule has 0 aliphatic carbocycles. The van der Waals surface area contributed by atoms with Crippen molar-refractivity contribution < 1.29 is 0 Å². The lowest BCUT2D eigenvalue weighted by atomic mass is 10.1. The van der Waals surface area contributed by atoms with Gasteiger partial charge in [-0.25, -0.2) is 19.9 Å². The first kappa shape index (κ1) is 11.5. The molecule has 1 aromatic carbocycles. The van der Waals surface area contributed by atoms with Gasteiger partial charge in [-0.15, -0.1) is 0 Å². The van der Waals surface area contributed by atoms with E-state index in [2.05, 4.69) is 56.4 Å². The smallest absolute Gasteiger partial charge is 0.183 e. The van der Waals surface area contributed by atoms with E-state index in [0.717, 1.165) is 0 Å². The van der Waals surface area contributed by atoms with Crippen LogP contribution in [0.2, 0.25) is 0 Å².